The Morgan fingerprint density at radius 3 is 1.58 bits per heavy atom. The number of unbranched alkanes of at least 4 members (excludes halogenated alkanes) is 3. The molecular weight excluding hydrogens is 406 g/mol. The van der Waals surface area contributed by atoms with E-state index in [1.165, 1.54) is 86.9 Å². The molecule has 0 aliphatic carbocycles. The lowest BCUT2D eigenvalue weighted by molar-refractivity contribution is -0.941. The fourth-order valence-corrected chi connectivity index (χ4v) is 4.20. The van der Waals surface area contributed by atoms with Crippen molar-refractivity contribution >= 4 is 10.1 Å². The normalized spacial score (nSPS) is 11.6. The summed E-state index contributed by atoms with van der Waals surface area (Å²) in [6, 6.07) is 16.9. The highest BCUT2D eigenvalue weighted by Gasteiger charge is 2.26. The molecule has 0 aliphatic heterocycles. The smallest absolute Gasteiger partial charge is 0.124 e. The Morgan fingerprint density at radius 1 is 0.742 bits per heavy atom. The second kappa shape index (κ2) is 14.4. The summed E-state index contributed by atoms with van der Waals surface area (Å²) in [6.07, 6.45) is 8.02. The van der Waals surface area contributed by atoms with Crippen LogP contribution in [0, 0.1) is 6.92 Å². The van der Waals surface area contributed by atoms with Crippen molar-refractivity contribution < 1.29 is 17.5 Å². The lowest BCUT2D eigenvalue weighted by atomic mass is 10.1. The molecule has 0 spiro atoms. The minimum Gasteiger partial charge on any atom is -0.744 e. The third-order valence-corrected chi connectivity index (χ3v) is 6.48. The van der Waals surface area contributed by atoms with Crippen LogP contribution in [0.1, 0.15) is 70.4 Å². The molecule has 0 amide bonds. The summed E-state index contributed by atoms with van der Waals surface area (Å²) in [5.41, 5.74) is 2.44. The van der Waals surface area contributed by atoms with E-state index in [1.807, 2.05) is 6.92 Å². The fourth-order valence-electron chi connectivity index (χ4n) is 3.73. The first kappa shape index (κ1) is 27.3. The van der Waals surface area contributed by atoms with Gasteiger partial charge in [0.2, 0.25) is 0 Å². The number of hydrogen-bond donors (Lipinski definition) is 0. The van der Waals surface area contributed by atoms with Gasteiger partial charge in [-0.25, -0.2) is 8.42 Å². The van der Waals surface area contributed by atoms with Crippen LogP contribution < -0.4 is 0 Å². The molecule has 2 rings (SSSR count). The van der Waals surface area contributed by atoms with Crippen molar-refractivity contribution in [3.8, 4) is 0 Å². The zero-order valence-corrected chi connectivity index (χ0v) is 20.7. The van der Waals surface area contributed by atoms with Gasteiger partial charge in [0.25, 0.3) is 0 Å². The summed E-state index contributed by atoms with van der Waals surface area (Å²) in [4.78, 5) is -0.178. The van der Waals surface area contributed by atoms with E-state index in [0.717, 1.165) is 5.56 Å². The van der Waals surface area contributed by atoms with Gasteiger partial charge < -0.3 is 9.04 Å². The Hall–Kier alpha value is -1.69. The van der Waals surface area contributed by atoms with E-state index in [1.54, 1.807) is 12.1 Å². The molecule has 0 fully saturated rings. The molecule has 4 nitrogen and oxygen atoms in total. The topological polar surface area (TPSA) is 57.2 Å². The van der Waals surface area contributed by atoms with E-state index in [9.17, 15) is 13.0 Å². The number of benzene rings is 2. The van der Waals surface area contributed by atoms with E-state index in [4.69, 9.17) is 0 Å². The van der Waals surface area contributed by atoms with E-state index >= 15 is 0 Å². The molecule has 31 heavy (non-hydrogen) atoms. The predicted octanol–water partition coefficient (Wildman–Crippen LogP) is 6.30. The van der Waals surface area contributed by atoms with Gasteiger partial charge in [0, 0.05) is 5.56 Å². The van der Waals surface area contributed by atoms with E-state index in [-0.39, 0.29) is 4.90 Å². The summed E-state index contributed by atoms with van der Waals surface area (Å²) in [6.45, 7) is 14.1. The van der Waals surface area contributed by atoms with Gasteiger partial charge >= 0.3 is 0 Å². The van der Waals surface area contributed by atoms with Crippen LogP contribution in [-0.2, 0) is 16.7 Å². The second-order valence-electron chi connectivity index (χ2n) is 8.48. The fraction of sp³-hybridized carbons (Fsp3) is 0.538. The van der Waals surface area contributed by atoms with Gasteiger partial charge in [-0.15, -0.1) is 0 Å². The standard InChI is InChI=1S/C19H34N.C7H8O3S/c1-4-7-15-20(16-8-5-2,17-9-6-3)18-19-13-11-10-12-14-19;1-6-2-4-7(5-3-6)11(8,9)10/h10-14H,4-9,15-18H2,1-3H3;2-5H,1H3,(H,8,9,10)/q+1;/p-1. The van der Waals surface area contributed by atoms with Crippen LogP contribution in [0.15, 0.2) is 59.5 Å². The predicted molar refractivity (Wildman–Crippen MR) is 129 cm³/mol. The van der Waals surface area contributed by atoms with Gasteiger partial charge in [-0.1, -0.05) is 88.1 Å². The first-order valence-electron chi connectivity index (χ1n) is 11.7. The highest BCUT2D eigenvalue weighted by Crippen LogP contribution is 2.20. The molecule has 0 unspecified atom stereocenters. The highest BCUT2D eigenvalue weighted by atomic mass is 32.2. The minimum atomic E-state index is -4.27. The summed E-state index contributed by atoms with van der Waals surface area (Å²) in [5.74, 6) is 0. The second-order valence-corrected chi connectivity index (χ2v) is 9.86. The van der Waals surface area contributed by atoms with Crippen molar-refractivity contribution in [1.82, 2.24) is 0 Å². The molecule has 0 aromatic heterocycles. The summed E-state index contributed by atoms with van der Waals surface area (Å²) >= 11 is 0. The zero-order valence-electron chi connectivity index (χ0n) is 19.8. The first-order chi connectivity index (χ1) is 14.8. The SMILES string of the molecule is CCCC[N+](CCCC)(CCCC)Cc1ccccc1.Cc1ccc(S(=O)(=O)[O-])cc1. The number of hydrogen-bond acceptors (Lipinski definition) is 3. The first-order valence-corrected chi connectivity index (χ1v) is 13.1. The third-order valence-electron chi connectivity index (χ3n) is 5.63. The molecule has 0 radical (unpaired) electrons. The van der Waals surface area contributed by atoms with Crippen LogP contribution in [-0.4, -0.2) is 37.1 Å². The molecule has 5 heteroatoms. The van der Waals surface area contributed by atoms with E-state index in [0.29, 0.717) is 0 Å². The van der Waals surface area contributed by atoms with Crippen molar-refractivity contribution in [2.24, 2.45) is 0 Å². The summed E-state index contributed by atoms with van der Waals surface area (Å²) in [5, 5.41) is 0. The maximum Gasteiger partial charge on any atom is 0.124 e. The average molecular weight is 448 g/mol. The monoisotopic (exact) mass is 447 g/mol. The van der Waals surface area contributed by atoms with E-state index < -0.39 is 10.1 Å². The molecule has 2 aromatic rings. The molecule has 0 heterocycles. The molecule has 0 N–H and O–H groups in total. The maximum absolute atomic E-state index is 10.4. The Morgan fingerprint density at radius 2 is 1.19 bits per heavy atom. The molecule has 0 saturated carbocycles. The van der Waals surface area contributed by atoms with Crippen molar-refractivity contribution in [2.45, 2.75) is 77.7 Å². The van der Waals surface area contributed by atoms with Gasteiger partial charge in [0.1, 0.15) is 16.7 Å². The van der Waals surface area contributed by atoms with Gasteiger partial charge in [-0.2, -0.15) is 0 Å². The van der Waals surface area contributed by atoms with Gasteiger partial charge in [-0.05, 0) is 38.3 Å². The zero-order chi connectivity index (χ0) is 23.2. The van der Waals surface area contributed by atoms with Crippen molar-refractivity contribution in [2.75, 3.05) is 19.6 Å². The van der Waals surface area contributed by atoms with Crippen LogP contribution in [0.4, 0.5) is 0 Å². The molecule has 2 aromatic carbocycles. The van der Waals surface area contributed by atoms with Crippen molar-refractivity contribution in [3.05, 3.63) is 65.7 Å². The van der Waals surface area contributed by atoms with Crippen LogP contribution in [0.2, 0.25) is 0 Å². The molecule has 0 aliphatic rings. The molecule has 174 valence electrons. The average Bonchev–Trinajstić information content (AvgIpc) is 2.75. The molecular formula is C26H41NO3S. The minimum absolute atomic E-state index is 0.178. The maximum atomic E-state index is 10.4. The Labute approximate surface area is 190 Å². The summed E-state index contributed by atoms with van der Waals surface area (Å²) < 4.78 is 32.5. The lowest BCUT2D eigenvalue weighted by Gasteiger charge is -2.39. The Kier molecular flexibility index (Phi) is 12.7. The van der Waals surface area contributed by atoms with Gasteiger partial charge in [0.05, 0.1) is 24.5 Å². The van der Waals surface area contributed by atoms with Crippen LogP contribution in [0.25, 0.3) is 0 Å². The lowest BCUT2D eigenvalue weighted by Crippen LogP contribution is -2.49. The van der Waals surface area contributed by atoms with Crippen molar-refractivity contribution in [3.63, 3.8) is 0 Å². The number of nitrogens with zero attached hydrogens (tertiary/aromatic N) is 1. The number of rotatable bonds is 12. The van der Waals surface area contributed by atoms with Gasteiger partial charge in [-0.3, -0.25) is 0 Å². The molecule has 0 saturated heterocycles. The van der Waals surface area contributed by atoms with Gasteiger partial charge in [0.15, 0.2) is 0 Å². The van der Waals surface area contributed by atoms with Crippen LogP contribution >= 0.6 is 0 Å². The van der Waals surface area contributed by atoms with Crippen LogP contribution in [0.5, 0.6) is 0 Å². The van der Waals surface area contributed by atoms with Crippen LogP contribution in [0.3, 0.4) is 0 Å². The number of quaternary nitrogens is 1. The van der Waals surface area contributed by atoms with E-state index in [2.05, 4.69) is 51.1 Å². The quantitative estimate of drug-likeness (QED) is 0.283. The third kappa shape index (κ3) is 10.9. The highest BCUT2D eigenvalue weighted by molar-refractivity contribution is 7.85. The molecule has 0 atom stereocenters. The summed E-state index contributed by atoms with van der Waals surface area (Å²) in [7, 11) is -4.27. The molecule has 0 bridgehead atoms. The number of aryl methyl sites for hydroxylation is 1. The largest absolute Gasteiger partial charge is 0.744 e. The Bertz CT molecular complexity index is 796. The Balaban J connectivity index is 0.000000367. The van der Waals surface area contributed by atoms with Crippen molar-refractivity contribution in [1.29, 1.82) is 0 Å².